The summed E-state index contributed by atoms with van der Waals surface area (Å²) >= 11 is 0. The quantitative estimate of drug-likeness (QED) is 0.508. The number of nitrogens with one attached hydrogen (secondary N) is 2. The number of aromatic nitrogens is 2. The molecule has 3 rings (SSSR count). The van der Waals surface area contributed by atoms with Gasteiger partial charge in [-0.1, -0.05) is 20.3 Å². The standard InChI is InChI=1S/C25H39N5O4/c1-15(2)14-34-24-20(13-27-30(24)10-9-25(4,5)29-16(3)31)23(33)28-21-17-7-6-8-18(21)12-19(11-17)22(26)32/h9-10,13,15,17-19,21H,6-8,11-12,14H2,1-5H3,(H2,26,32)(H,28,33)(H,29,31)/b10-9+/t17?,18?,19-,21+. The Morgan fingerprint density at radius 1 is 1.26 bits per heavy atom. The number of fused-ring (bicyclic) bond motifs is 2. The molecule has 2 atom stereocenters. The van der Waals surface area contributed by atoms with E-state index in [1.54, 1.807) is 12.3 Å². The molecular formula is C25H39N5O4. The highest BCUT2D eigenvalue weighted by molar-refractivity contribution is 5.96. The molecule has 0 spiro atoms. The molecule has 9 heteroatoms. The molecule has 4 N–H and O–H groups in total. The topological polar surface area (TPSA) is 128 Å². The Hall–Kier alpha value is -2.84. The van der Waals surface area contributed by atoms with Crippen LogP contribution >= 0.6 is 0 Å². The lowest BCUT2D eigenvalue weighted by molar-refractivity contribution is -0.124. The van der Waals surface area contributed by atoms with Gasteiger partial charge in [-0.3, -0.25) is 14.4 Å². The van der Waals surface area contributed by atoms with Gasteiger partial charge in [-0.2, -0.15) is 5.10 Å². The molecule has 3 amide bonds. The Kier molecular flexibility index (Phi) is 8.05. The molecule has 0 aromatic carbocycles. The van der Waals surface area contributed by atoms with Gasteiger partial charge in [-0.15, -0.1) is 0 Å². The Balaban J connectivity index is 1.80. The van der Waals surface area contributed by atoms with Crippen LogP contribution in [0.3, 0.4) is 0 Å². The van der Waals surface area contributed by atoms with Crippen LogP contribution in [0.15, 0.2) is 12.3 Å². The smallest absolute Gasteiger partial charge is 0.258 e. The summed E-state index contributed by atoms with van der Waals surface area (Å²) in [6.45, 7) is 9.72. The number of hydrogen-bond acceptors (Lipinski definition) is 5. The molecule has 2 saturated carbocycles. The van der Waals surface area contributed by atoms with E-state index >= 15 is 0 Å². The summed E-state index contributed by atoms with van der Waals surface area (Å²) in [7, 11) is 0. The lowest BCUT2D eigenvalue weighted by Crippen LogP contribution is -2.52. The van der Waals surface area contributed by atoms with Crippen molar-refractivity contribution in [3.8, 4) is 5.88 Å². The van der Waals surface area contributed by atoms with Crippen LogP contribution < -0.4 is 21.1 Å². The minimum absolute atomic E-state index is 0.0207. The number of amides is 3. The fraction of sp³-hybridized carbons (Fsp3) is 0.680. The van der Waals surface area contributed by atoms with Crippen molar-refractivity contribution in [3.63, 3.8) is 0 Å². The number of nitrogens with zero attached hydrogens (tertiary/aromatic N) is 2. The first-order valence-corrected chi connectivity index (χ1v) is 12.3. The van der Waals surface area contributed by atoms with Crippen molar-refractivity contribution in [3.05, 3.63) is 17.8 Å². The third kappa shape index (κ3) is 6.39. The van der Waals surface area contributed by atoms with Crippen molar-refractivity contribution in [1.29, 1.82) is 0 Å². The second-order valence-electron chi connectivity index (χ2n) is 10.8. The van der Waals surface area contributed by atoms with Gasteiger partial charge in [0.1, 0.15) is 5.56 Å². The molecule has 0 aliphatic heterocycles. The first kappa shape index (κ1) is 25.8. The van der Waals surface area contributed by atoms with Gasteiger partial charge >= 0.3 is 0 Å². The second kappa shape index (κ2) is 10.6. The molecule has 1 heterocycles. The van der Waals surface area contributed by atoms with Gasteiger partial charge in [-0.25, -0.2) is 4.68 Å². The molecule has 2 aliphatic carbocycles. The fourth-order valence-corrected chi connectivity index (χ4v) is 5.19. The van der Waals surface area contributed by atoms with E-state index < -0.39 is 5.54 Å². The monoisotopic (exact) mass is 473 g/mol. The van der Waals surface area contributed by atoms with E-state index in [0.29, 0.717) is 18.1 Å². The number of hydrogen-bond donors (Lipinski definition) is 3. The van der Waals surface area contributed by atoms with Crippen LogP contribution in [0.4, 0.5) is 0 Å². The van der Waals surface area contributed by atoms with E-state index in [0.717, 1.165) is 32.1 Å². The molecule has 1 aromatic heterocycles. The maximum absolute atomic E-state index is 13.4. The van der Waals surface area contributed by atoms with Gasteiger partial charge in [0, 0.05) is 25.1 Å². The van der Waals surface area contributed by atoms with Gasteiger partial charge < -0.3 is 21.1 Å². The van der Waals surface area contributed by atoms with Crippen LogP contribution in [0.25, 0.3) is 6.20 Å². The maximum Gasteiger partial charge on any atom is 0.258 e. The summed E-state index contributed by atoms with van der Waals surface area (Å²) in [4.78, 5) is 36.6. The number of primary amides is 1. The lowest BCUT2D eigenvalue weighted by atomic mass is 9.64. The largest absolute Gasteiger partial charge is 0.477 e. The van der Waals surface area contributed by atoms with E-state index in [2.05, 4.69) is 15.7 Å². The average molecular weight is 474 g/mol. The van der Waals surface area contributed by atoms with Crippen LogP contribution in [0.2, 0.25) is 0 Å². The molecule has 2 aliphatic rings. The summed E-state index contributed by atoms with van der Waals surface area (Å²) in [6, 6.07) is 0.0207. The third-order valence-corrected chi connectivity index (χ3v) is 6.72. The molecular weight excluding hydrogens is 434 g/mol. The Morgan fingerprint density at radius 2 is 1.91 bits per heavy atom. The van der Waals surface area contributed by atoms with Gasteiger partial charge in [0.15, 0.2) is 0 Å². The Bertz CT molecular complexity index is 922. The molecule has 2 unspecified atom stereocenters. The zero-order valence-electron chi connectivity index (χ0n) is 21.0. The predicted molar refractivity (Wildman–Crippen MR) is 130 cm³/mol. The van der Waals surface area contributed by atoms with Gasteiger partial charge in [0.2, 0.25) is 17.7 Å². The normalized spacial score (nSPS) is 24.8. The molecule has 0 radical (unpaired) electrons. The maximum atomic E-state index is 13.4. The predicted octanol–water partition coefficient (Wildman–Crippen LogP) is 2.71. The first-order chi connectivity index (χ1) is 16.0. The van der Waals surface area contributed by atoms with Crippen LogP contribution in [-0.4, -0.2) is 45.7 Å². The SMILES string of the molecule is CC(=O)NC(C)(C)/C=C/n1ncc(C(=O)N[C@H]2C3CCCC2C[C@H](C(N)=O)C3)c1OCC(C)C. The molecule has 2 bridgehead atoms. The Morgan fingerprint density at radius 3 is 2.47 bits per heavy atom. The van der Waals surface area contributed by atoms with Crippen molar-refractivity contribution in [1.82, 2.24) is 20.4 Å². The van der Waals surface area contributed by atoms with Crippen LogP contribution in [-0.2, 0) is 9.59 Å². The van der Waals surface area contributed by atoms with Crippen LogP contribution in [0.1, 0.15) is 77.1 Å². The van der Waals surface area contributed by atoms with Crippen LogP contribution in [0.5, 0.6) is 5.88 Å². The highest BCUT2D eigenvalue weighted by Crippen LogP contribution is 2.43. The first-order valence-electron chi connectivity index (χ1n) is 12.3. The van der Waals surface area contributed by atoms with E-state index in [1.165, 1.54) is 17.8 Å². The second-order valence-corrected chi connectivity index (χ2v) is 10.8. The Labute approximate surface area is 201 Å². The fourth-order valence-electron chi connectivity index (χ4n) is 5.19. The molecule has 2 fully saturated rings. The van der Waals surface area contributed by atoms with E-state index in [-0.39, 0.29) is 47.4 Å². The zero-order chi connectivity index (χ0) is 25.0. The molecule has 0 saturated heterocycles. The van der Waals surface area contributed by atoms with E-state index in [4.69, 9.17) is 10.5 Å². The van der Waals surface area contributed by atoms with Crippen molar-refractivity contribution in [2.75, 3.05) is 6.61 Å². The number of ether oxygens (including phenoxy) is 1. The number of carbonyl (C=O) groups excluding carboxylic acids is 3. The number of carbonyl (C=O) groups is 3. The minimum atomic E-state index is -0.591. The van der Waals surface area contributed by atoms with Gasteiger partial charge in [0.05, 0.1) is 18.3 Å². The zero-order valence-corrected chi connectivity index (χ0v) is 21.0. The minimum Gasteiger partial charge on any atom is -0.477 e. The van der Waals surface area contributed by atoms with Crippen molar-refractivity contribution >= 4 is 23.9 Å². The van der Waals surface area contributed by atoms with Crippen molar-refractivity contribution in [2.45, 2.75) is 78.3 Å². The highest BCUT2D eigenvalue weighted by Gasteiger charge is 2.43. The molecule has 1 aromatic rings. The lowest BCUT2D eigenvalue weighted by Gasteiger charge is -2.45. The van der Waals surface area contributed by atoms with E-state index in [9.17, 15) is 14.4 Å². The third-order valence-electron chi connectivity index (χ3n) is 6.72. The van der Waals surface area contributed by atoms with Crippen molar-refractivity contribution in [2.24, 2.45) is 29.4 Å². The van der Waals surface area contributed by atoms with Crippen LogP contribution in [0, 0.1) is 23.7 Å². The summed E-state index contributed by atoms with van der Waals surface area (Å²) < 4.78 is 7.54. The molecule has 9 nitrogen and oxygen atoms in total. The number of rotatable bonds is 9. The summed E-state index contributed by atoms with van der Waals surface area (Å²) in [5.74, 6) is 0.445. The van der Waals surface area contributed by atoms with Gasteiger partial charge in [-0.05, 0) is 63.4 Å². The summed E-state index contributed by atoms with van der Waals surface area (Å²) in [5, 5.41) is 10.5. The van der Waals surface area contributed by atoms with Crippen molar-refractivity contribution < 1.29 is 19.1 Å². The summed E-state index contributed by atoms with van der Waals surface area (Å²) in [5.41, 5.74) is 5.37. The molecule has 34 heavy (non-hydrogen) atoms. The average Bonchev–Trinajstić information content (AvgIpc) is 3.12. The summed E-state index contributed by atoms with van der Waals surface area (Å²) in [6.07, 6.45) is 9.58. The highest BCUT2D eigenvalue weighted by atomic mass is 16.5. The van der Waals surface area contributed by atoms with Gasteiger partial charge in [0.25, 0.3) is 5.91 Å². The van der Waals surface area contributed by atoms with E-state index in [1.807, 2.05) is 27.7 Å². The number of nitrogens with two attached hydrogens (primary N) is 1. The molecule has 188 valence electrons.